The molecule has 0 radical (unpaired) electrons. The largest absolute Gasteiger partial charge is 0.417 e. The van der Waals surface area contributed by atoms with E-state index in [1.807, 2.05) is 25.1 Å². The van der Waals surface area contributed by atoms with Crippen LogP contribution in [-0.4, -0.2) is 30.7 Å². The fourth-order valence-electron chi connectivity index (χ4n) is 4.06. The van der Waals surface area contributed by atoms with Crippen molar-refractivity contribution in [3.05, 3.63) is 95.1 Å². The highest BCUT2D eigenvalue weighted by Crippen LogP contribution is 2.29. The van der Waals surface area contributed by atoms with Crippen molar-refractivity contribution in [1.29, 1.82) is 0 Å². The molecule has 182 valence electrons. The third-order valence-electron chi connectivity index (χ3n) is 6.00. The monoisotopic (exact) mass is 490 g/mol. The Kier molecular flexibility index (Phi) is 5.79. The number of pyridine rings is 3. The molecule has 10 heteroatoms. The van der Waals surface area contributed by atoms with Crippen molar-refractivity contribution < 1.29 is 18.0 Å². The number of hydrogen-bond donors (Lipinski definition) is 2. The van der Waals surface area contributed by atoms with Gasteiger partial charge in [0.25, 0.3) is 5.91 Å². The van der Waals surface area contributed by atoms with E-state index in [-0.39, 0.29) is 19.0 Å². The second-order valence-electron chi connectivity index (χ2n) is 8.51. The van der Waals surface area contributed by atoms with E-state index in [0.29, 0.717) is 28.2 Å². The molecule has 3 N–H and O–H groups in total. The first-order valence-corrected chi connectivity index (χ1v) is 11.1. The Hall–Kier alpha value is -4.47. The molecule has 0 saturated carbocycles. The van der Waals surface area contributed by atoms with Crippen LogP contribution < -0.4 is 5.73 Å². The Balaban J connectivity index is 1.51. The minimum absolute atomic E-state index is 0.0161. The van der Waals surface area contributed by atoms with Crippen molar-refractivity contribution >= 4 is 33.7 Å². The second kappa shape index (κ2) is 8.95. The van der Waals surface area contributed by atoms with Gasteiger partial charge in [-0.2, -0.15) is 13.2 Å². The maximum Gasteiger partial charge on any atom is 0.417 e. The van der Waals surface area contributed by atoms with Crippen LogP contribution in [0.4, 0.5) is 19.0 Å². The lowest BCUT2D eigenvalue weighted by Crippen LogP contribution is -2.30. The van der Waals surface area contributed by atoms with Gasteiger partial charge in [-0.3, -0.25) is 9.78 Å². The molecule has 0 spiro atoms. The second-order valence-corrected chi connectivity index (χ2v) is 8.51. The van der Waals surface area contributed by atoms with E-state index >= 15 is 0 Å². The van der Waals surface area contributed by atoms with Crippen LogP contribution >= 0.6 is 0 Å². The van der Waals surface area contributed by atoms with Crippen LogP contribution in [0, 0.1) is 6.92 Å². The third-order valence-corrected chi connectivity index (χ3v) is 6.00. The molecule has 0 aliphatic heterocycles. The van der Waals surface area contributed by atoms with Gasteiger partial charge in [-0.1, -0.05) is 0 Å². The summed E-state index contributed by atoms with van der Waals surface area (Å²) in [5.74, 6) is 0.123. The summed E-state index contributed by atoms with van der Waals surface area (Å²) in [7, 11) is 0. The van der Waals surface area contributed by atoms with E-state index in [2.05, 4.69) is 19.9 Å². The molecule has 5 aromatic rings. The number of aryl methyl sites for hydroxylation is 1. The average Bonchev–Trinajstić information content (AvgIpc) is 3.33. The number of fused-ring (bicyclic) bond motifs is 2. The Bertz CT molecular complexity index is 1580. The molecule has 4 heterocycles. The van der Waals surface area contributed by atoms with Crippen LogP contribution in [-0.2, 0) is 19.3 Å². The smallest absolute Gasteiger partial charge is 0.383 e. The first-order valence-electron chi connectivity index (χ1n) is 11.1. The molecule has 0 fully saturated rings. The number of amides is 1. The van der Waals surface area contributed by atoms with E-state index in [0.717, 1.165) is 34.2 Å². The molecule has 4 aromatic heterocycles. The van der Waals surface area contributed by atoms with Crippen LogP contribution in [0.5, 0.6) is 0 Å². The minimum Gasteiger partial charge on any atom is -0.383 e. The average molecular weight is 490 g/mol. The number of aromatic nitrogens is 4. The van der Waals surface area contributed by atoms with Gasteiger partial charge in [0.15, 0.2) is 0 Å². The Labute approximate surface area is 203 Å². The van der Waals surface area contributed by atoms with Crippen molar-refractivity contribution in [3.8, 4) is 0 Å². The summed E-state index contributed by atoms with van der Waals surface area (Å²) in [5, 5.41) is 1.61. The number of carbonyl (C=O) groups excluding carboxylic acids is 1. The molecule has 36 heavy (non-hydrogen) atoms. The summed E-state index contributed by atoms with van der Waals surface area (Å²) in [5.41, 5.74) is 8.79. The summed E-state index contributed by atoms with van der Waals surface area (Å²) >= 11 is 0. The molecule has 7 nitrogen and oxygen atoms in total. The van der Waals surface area contributed by atoms with E-state index in [1.54, 1.807) is 35.5 Å². The predicted octanol–water partition coefficient (Wildman–Crippen LogP) is 5.26. The highest BCUT2D eigenvalue weighted by atomic mass is 19.4. The van der Waals surface area contributed by atoms with E-state index in [4.69, 9.17) is 5.73 Å². The lowest BCUT2D eigenvalue weighted by atomic mass is 10.1. The number of H-pyrrole nitrogens is 1. The molecule has 0 aliphatic carbocycles. The Morgan fingerprint density at radius 1 is 1.06 bits per heavy atom. The van der Waals surface area contributed by atoms with Crippen molar-refractivity contribution in [3.63, 3.8) is 0 Å². The van der Waals surface area contributed by atoms with Gasteiger partial charge in [-0.05, 0) is 66.6 Å². The third kappa shape index (κ3) is 4.57. The number of benzene rings is 1. The van der Waals surface area contributed by atoms with Gasteiger partial charge in [0.05, 0.1) is 23.3 Å². The predicted molar refractivity (Wildman–Crippen MR) is 130 cm³/mol. The number of anilines is 1. The number of hydrogen-bond acceptors (Lipinski definition) is 5. The van der Waals surface area contributed by atoms with Crippen molar-refractivity contribution in [2.75, 3.05) is 5.73 Å². The van der Waals surface area contributed by atoms with Crippen molar-refractivity contribution in [2.45, 2.75) is 26.2 Å². The number of halogens is 3. The number of nitrogens with zero attached hydrogens (tertiary/aromatic N) is 4. The summed E-state index contributed by atoms with van der Waals surface area (Å²) in [4.78, 5) is 30.9. The van der Waals surface area contributed by atoms with Crippen molar-refractivity contribution in [2.24, 2.45) is 0 Å². The first-order chi connectivity index (χ1) is 17.2. The molecule has 1 amide bonds. The Morgan fingerprint density at radius 3 is 2.64 bits per heavy atom. The number of alkyl halides is 3. The molecular weight excluding hydrogens is 469 g/mol. The van der Waals surface area contributed by atoms with Crippen LogP contribution in [0.3, 0.4) is 0 Å². The number of aromatic amines is 1. The number of nitrogens with two attached hydrogens (primary N) is 1. The van der Waals surface area contributed by atoms with Crippen LogP contribution in [0.2, 0.25) is 0 Å². The lowest BCUT2D eigenvalue weighted by molar-refractivity contribution is -0.137. The molecule has 0 atom stereocenters. The van der Waals surface area contributed by atoms with Gasteiger partial charge in [-0.25, -0.2) is 9.97 Å². The number of carbonyl (C=O) groups is 1. The van der Waals surface area contributed by atoms with Gasteiger partial charge in [-0.15, -0.1) is 0 Å². The zero-order valence-corrected chi connectivity index (χ0v) is 19.2. The van der Waals surface area contributed by atoms with Gasteiger partial charge in [0.1, 0.15) is 11.5 Å². The summed E-state index contributed by atoms with van der Waals surface area (Å²) in [6.07, 6.45) is -0.306. The van der Waals surface area contributed by atoms with E-state index in [1.165, 1.54) is 6.07 Å². The quantitative estimate of drug-likeness (QED) is 0.350. The van der Waals surface area contributed by atoms with Gasteiger partial charge in [0, 0.05) is 41.5 Å². The maximum absolute atomic E-state index is 13.7. The van der Waals surface area contributed by atoms with Crippen molar-refractivity contribution in [1.82, 2.24) is 24.8 Å². The van der Waals surface area contributed by atoms with E-state index < -0.39 is 11.7 Å². The fourth-order valence-corrected chi connectivity index (χ4v) is 4.06. The van der Waals surface area contributed by atoms with Gasteiger partial charge in [0.2, 0.25) is 0 Å². The molecule has 1 aromatic carbocycles. The molecular formula is C26H21F3N6O. The highest BCUT2D eigenvalue weighted by Gasteiger charge is 2.30. The topological polar surface area (TPSA) is 101 Å². The summed E-state index contributed by atoms with van der Waals surface area (Å²) < 4.78 is 39.0. The maximum atomic E-state index is 13.7. The number of nitrogens with one attached hydrogen (secondary N) is 1. The van der Waals surface area contributed by atoms with Crippen LogP contribution in [0.25, 0.3) is 21.9 Å². The molecule has 5 rings (SSSR count). The number of nitrogen functional groups attached to an aromatic ring is 1. The van der Waals surface area contributed by atoms with Crippen LogP contribution in [0.1, 0.15) is 32.7 Å². The summed E-state index contributed by atoms with van der Waals surface area (Å²) in [6.45, 7) is 2.06. The SMILES string of the molecule is Cc1cc2cc(C(=O)N(Cc3ccc(C(F)(F)F)cn3)Cc3ccnc4[nH]ccc34)ccc2nc1N. The van der Waals surface area contributed by atoms with Crippen LogP contribution in [0.15, 0.2) is 67.1 Å². The zero-order chi connectivity index (χ0) is 25.4. The number of rotatable bonds is 5. The molecule has 0 saturated heterocycles. The van der Waals surface area contributed by atoms with Gasteiger partial charge < -0.3 is 15.6 Å². The highest BCUT2D eigenvalue weighted by molar-refractivity contribution is 5.98. The lowest BCUT2D eigenvalue weighted by Gasteiger charge is -2.23. The summed E-state index contributed by atoms with van der Waals surface area (Å²) in [6, 6.07) is 12.9. The fraction of sp³-hybridized carbons (Fsp3) is 0.154. The molecule has 0 bridgehead atoms. The minimum atomic E-state index is -4.49. The molecule has 0 aliphatic rings. The van der Waals surface area contributed by atoms with E-state index in [9.17, 15) is 18.0 Å². The standard InChI is InChI=1S/C26H21F3N6O/c1-15-10-18-11-16(2-5-22(18)34-23(15)30)25(36)35(13-17-6-8-31-24-21(17)7-9-32-24)14-20-4-3-19(12-33-20)26(27,28)29/h2-12H,13-14H2,1H3,(H2,30,34)(H,31,32). The first kappa shape index (κ1) is 23.3. The Morgan fingerprint density at radius 2 is 1.89 bits per heavy atom. The normalized spacial score (nSPS) is 11.8. The zero-order valence-electron chi connectivity index (χ0n) is 19.2. The molecule has 0 unspecified atom stereocenters. The van der Waals surface area contributed by atoms with Gasteiger partial charge >= 0.3 is 6.18 Å².